The van der Waals surface area contributed by atoms with E-state index in [1.54, 1.807) is 7.11 Å². The molecule has 3 saturated heterocycles. The maximum atomic E-state index is 12.8. The predicted molar refractivity (Wildman–Crippen MR) is 105 cm³/mol. The van der Waals surface area contributed by atoms with Crippen LogP contribution in [0.25, 0.3) is 0 Å². The van der Waals surface area contributed by atoms with Gasteiger partial charge in [0.1, 0.15) is 23.4 Å². The molecular weight excluding hydrogens is 358 g/mol. The van der Waals surface area contributed by atoms with Gasteiger partial charge in [0.25, 0.3) is 0 Å². The van der Waals surface area contributed by atoms with E-state index in [0.717, 1.165) is 45.3 Å². The van der Waals surface area contributed by atoms with Gasteiger partial charge in [0, 0.05) is 19.7 Å². The summed E-state index contributed by atoms with van der Waals surface area (Å²) >= 11 is 0. The van der Waals surface area contributed by atoms with Crippen molar-refractivity contribution in [3.8, 4) is 0 Å². The lowest BCUT2D eigenvalue weighted by Gasteiger charge is -2.43. The Bertz CT molecular complexity index is 641. The first-order chi connectivity index (χ1) is 13.3. The number of carbonyl (C=O) groups is 1. The summed E-state index contributed by atoms with van der Waals surface area (Å²) in [7, 11) is 1.72. The monoisotopic (exact) mass is 393 g/mol. The molecule has 7 atom stereocenters. The average molecular weight is 394 g/mol. The summed E-state index contributed by atoms with van der Waals surface area (Å²) in [6.07, 6.45) is 6.39. The Hall–Kier alpha value is -1.11. The highest BCUT2D eigenvalue weighted by atomic mass is 16.6. The fraction of sp³-hybridized carbons (Fsp3) is 0.864. The van der Waals surface area contributed by atoms with Crippen LogP contribution in [0.1, 0.15) is 59.8 Å². The van der Waals surface area contributed by atoms with Crippen LogP contribution in [0.4, 0.5) is 4.79 Å². The number of carbonyl (C=O) groups excluding carboxylic acids is 1. The number of nitrogens with zero attached hydrogens (tertiary/aromatic N) is 1. The van der Waals surface area contributed by atoms with Crippen LogP contribution in [0.3, 0.4) is 0 Å². The summed E-state index contributed by atoms with van der Waals surface area (Å²) in [5, 5.41) is 0. The molecule has 1 amide bonds. The van der Waals surface area contributed by atoms with Crippen molar-refractivity contribution in [2.75, 3.05) is 20.3 Å². The molecule has 0 radical (unpaired) electrons. The van der Waals surface area contributed by atoms with Crippen LogP contribution in [0, 0.1) is 5.92 Å². The number of amides is 1. The first-order valence-electron chi connectivity index (χ1n) is 10.8. The van der Waals surface area contributed by atoms with Gasteiger partial charge in [-0.15, -0.1) is 0 Å². The van der Waals surface area contributed by atoms with Gasteiger partial charge in [-0.05, 0) is 59.8 Å². The maximum absolute atomic E-state index is 12.8. The number of ether oxygens (including phenoxy) is 4. The molecule has 158 valence electrons. The SMILES string of the molecule is COC1C(OC(=O)N2CCC[C@H]2C)CC[C@]2(CO2)C1C1(C)O[C@@H]1CC=C(C)C. The van der Waals surface area contributed by atoms with Gasteiger partial charge in [0.05, 0.1) is 18.6 Å². The number of rotatable bonds is 5. The number of epoxide rings is 2. The molecule has 0 N–H and O–H groups in total. The van der Waals surface area contributed by atoms with Gasteiger partial charge in [-0.25, -0.2) is 4.79 Å². The number of allylic oxidation sites excluding steroid dienone is 1. The molecule has 0 aromatic rings. The molecular formula is C22H35NO5. The zero-order chi connectivity index (χ0) is 20.1. The van der Waals surface area contributed by atoms with Crippen molar-refractivity contribution in [3.63, 3.8) is 0 Å². The normalized spacial score (nSPS) is 44.5. The van der Waals surface area contributed by atoms with E-state index >= 15 is 0 Å². The first-order valence-corrected chi connectivity index (χ1v) is 10.8. The van der Waals surface area contributed by atoms with Crippen molar-refractivity contribution in [1.29, 1.82) is 0 Å². The topological polar surface area (TPSA) is 63.8 Å². The zero-order valence-electron chi connectivity index (χ0n) is 17.9. The molecule has 28 heavy (non-hydrogen) atoms. The number of likely N-dealkylation sites (tertiary alicyclic amines) is 1. The molecule has 1 spiro atoms. The highest BCUT2D eigenvalue weighted by Crippen LogP contribution is 2.59. The van der Waals surface area contributed by atoms with Crippen LogP contribution in [0.5, 0.6) is 0 Å². The lowest BCUT2D eigenvalue weighted by atomic mass is 9.68. The molecule has 6 nitrogen and oxygen atoms in total. The van der Waals surface area contributed by atoms with Crippen molar-refractivity contribution in [2.24, 2.45) is 5.92 Å². The van der Waals surface area contributed by atoms with Crippen molar-refractivity contribution in [2.45, 2.75) is 95.4 Å². The van der Waals surface area contributed by atoms with Crippen LogP contribution in [-0.4, -0.2) is 66.8 Å². The highest BCUT2D eigenvalue weighted by Gasteiger charge is 2.72. The smallest absolute Gasteiger partial charge is 0.410 e. The number of methoxy groups -OCH3 is 1. The van der Waals surface area contributed by atoms with Crippen LogP contribution < -0.4 is 0 Å². The van der Waals surface area contributed by atoms with E-state index in [2.05, 4.69) is 33.8 Å². The van der Waals surface area contributed by atoms with Crippen molar-refractivity contribution < 1.29 is 23.7 Å². The van der Waals surface area contributed by atoms with Crippen molar-refractivity contribution >= 4 is 6.09 Å². The number of hydrogen-bond donors (Lipinski definition) is 0. The van der Waals surface area contributed by atoms with Gasteiger partial charge in [0.2, 0.25) is 0 Å². The summed E-state index contributed by atoms with van der Waals surface area (Å²) in [5.41, 5.74) is 0.822. The molecule has 0 bridgehead atoms. The maximum Gasteiger partial charge on any atom is 0.410 e. The van der Waals surface area contributed by atoms with Crippen molar-refractivity contribution in [3.05, 3.63) is 11.6 Å². The van der Waals surface area contributed by atoms with Crippen LogP contribution in [0.15, 0.2) is 11.6 Å². The van der Waals surface area contributed by atoms with Gasteiger partial charge in [-0.3, -0.25) is 0 Å². The van der Waals surface area contributed by atoms with E-state index < -0.39 is 0 Å². The molecule has 4 rings (SSSR count). The third-order valence-corrected chi connectivity index (χ3v) is 7.28. The van der Waals surface area contributed by atoms with Gasteiger partial charge in [-0.2, -0.15) is 0 Å². The van der Waals surface area contributed by atoms with E-state index in [9.17, 15) is 4.79 Å². The fourth-order valence-electron chi connectivity index (χ4n) is 5.47. The fourth-order valence-corrected chi connectivity index (χ4v) is 5.47. The third-order valence-electron chi connectivity index (χ3n) is 7.28. The lowest BCUT2D eigenvalue weighted by molar-refractivity contribution is -0.122. The summed E-state index contributed by atoms with van der Waals surface area (Å²) in [6.45, 7) is 10.0. The van der Waals surface area contributed by atoms with E-state index in [-0.39, 0.29) is 47.6 Å². The Morgan fingerprint density at radius 2 is 2.07 bits per heavy atom. The Balaban J connectivity index is 1.49. The highest BCUT2D eigenvalue weighted by molar-refractivity contribution is 5.68. The lowest BCUT2D eigenvalue weighted by Crippen LogP contribution is -2.56. The molecule has 0 aromatic carbocycles. The van der Waals surface area contributed by atoms with Crippen LogP contribution in [-0.2, 0) is 18.9 Å². The molecule has 1 saturated carbocycles. The summed E-state index contributed by atoms with van der Waals surface area (Å²) in [6, 6.07) is 0.253. The third kappa shape index (κ3) is 3.48. The second-order valence-corrected chi connectivity index (χ2v) is 9.48. The molecule has 6 heteroatoms. The predicted octanol–water partition coefficient (Wildman–Crippen LogP) is 3.68. The van der Waals surface area contributed by atoms with Crippen molar-refractivity contribution in [1.82, 2.24) is 4.90 Å². The minimum Gasteiger partial charge on any atom is -0.443 e. The van der Waals surface area contributed by atoms with Gasteiger partial charge < -0.3 is 23.8 Å². The quantitative estimate of drug-likeness (QED) is 0.527. The average Bonchev–Trinajstić information content (AvgIpc) is 3.51. The molecule has 4 aliphatic rings. The Kier molecular flexibility index (Phi) is 5.26. The molecule has 0 aromatic heterocycles. The van der Waals surface area contributed by atoms with E-state index in [1.807, 2.05) is 4.90 Å². The second-order valence-electron chi connectivity index (χ2n) is 9.48. The standard InChI is InChI=1S/C22H35NO5/c1-14(2)8-9-17-21(4,28-17)19-18(25-5)16(10-11-22(19)13-26-22)27-20(24)23-12-6-7-15(23)3/h8,15-19H,6-7,9-13H2,1-5H3/t15-,16?,17-,18?,19?,21?,22+/m1/s1. The Morgan fingerprint density at radius 3 is 2.64 bits per heavy atom. The van der Waals surface area contributed by atoms with Gasteiger partial charge >= 0.3 is 6.09 Å². The van der Waals surface area contributed by atoms with Crippen LogP contribution in [0.2, 0.25) is 0 Å². The molecule has 1 aliphatic carbocycles. The van der Waals surface area contributed by atoms with Gasteiger partial charge in [0.15, 0.2) is 0 Å². The molecule has 3 aliphatic heterocycles. The minimum atomic E-state index is -0.296. The molecule has 4 unspecified atom stereocenters. The zero-order valence-corrected chi connectivity index (χ0v) is 17.9. The van der Waals surface area contributed by atoms with E-state index in [1.165, 1.54) is 5.57 Å². The summed E-state index contributed by atoms with van der Waals surface area (Å²) < 4.78 is 24.1. The molecule has 3 heterocycles. The largest absolute Gasteiger partial charge is 0.443 e. The molecule has 4 fully saturated rings. The minimum absolute atomic E-state index is 0.0723. The summed E-state index contributed by atoms with van der Waals surface area (Å²) in [4.78, 5) is 14.6. The number of hydrogen-bond acceptors (Lipinski definition) is 5. The second kappa shape index (κ2) is 7.29. The summed E-state index contributed by atoms with van der Waals surface area (Å²) in [5.74, 6) is 0.0723. The van der Waals surface area contributed by atoms with Crippen LogP contribution >= 0.6 is 0 Å². The Labute approximate surface area is 168 Å². The first kappa shape index (κ1) is 20.2. The van der Waals surface area contributed by atoms with Gasteiger partial charge in [-0.1, -0.05) is 11.6 Å². The Morgan fingerprint density at radius 1 is 1.32 bits per heavy atom. The van der Waals surface area contributed by atoms with E-state index in [0.29, 0.717) is 0 Å². The van der Waals surface area contributed by atoms with E-state index in [4.69, 9.17) is 18.9 Å².